The van der Waals surface area contributed by atoms with Gasteiger partial charge in [0.2, 0.25) is 0 Å². The molecule has 3 rings (SSSR count). The van der Waals surface area contributed by atoms with Gasteiger partial charge < -0.3 is 19.0 Å². The summed E-state index contributed by atoms with van der Waals surface area (Å²) in [5.74, 6) is 1.78. The van der Waals surface area contributed by atoms with Crippen LogP contribution in [0.1, 0.15) is 47.2 Å². The molecule has 6 heteroatoms. The van der Waals surface area contributed by atoms with Crippen LogP contribution in [-0.2, 0) is 11.3 Å². The van der Waals surface area contributed by atoms with Gasteiger partial charge in [-0.05, 0) is 33.3 Å². The number of aryl methyl sites for hydroxylation is 3. The van der Waals surface area contributed by atoms with Gasteiger partial charge in [0, 0.05) is 31.1 Å². The van der Waals surface area contributed by atoms with E-state index in [1.165, 1.54) is 0 Å². The molecule has 3 heterocycles. The van der Waals surface area contributed by atoms with Gasteiger partial charge in [0.05, 0.1) is 6.04 Å². The molecule has 0 spiro atoms. The average Bonchev–Trinajstić information content (AvgIpc) is 3.17. The second kappa shape index (κ2) is 5.96. The Hall–Kier alpha value is -2.08. The summed E-state index contributed by atoms with van der Waals surface area (Å²) in [7, 11) is 0. The maximum Gasteiger partial charge on any atom is 0.287 e. The Morgan fingerprint density at radius 2 is 2.32 bits per heavy atom. The molecule has 1 aliphatic heterocycles. The van der Waals surface area contributed by atoms with Crippen molar-refractivity contribution in [3.05, 3.63) is 41.4 Å². The van der Waals surface area contributed by atoms with Crippen molar-refractivity contribution in [2.45, 2.75) is 45.9 Å². The number of imidazole rings is 1. The molecule has 1 amide bonds. The number of carbonyl (C=O) groups is 1. The van der Waals surface area contributed by atoms with Crippen LogP contribution in [0.25, 0.3) is 0 Å². The first-order chi connectivity index (χ1) is 10.6. The van der Waals surface area contributed by atoms with Crippen LogP contribution in [0, 0.1) is 13.8 Å². The molecule has 0 aliphatic carbocycles. The summed E-state index contributed by atoms with van der Waals surface area (Å²) in [6, 6.07) is 1.77. The Balaban J connectivity index is 1.77. The first-order valence-electron chi connectivity index (χ1n) is 7.60. The number of nitrogens with zero attached hydrogens (tertiary/aromatic N) is 2. The lowest BCUT2D eigenvalue weighted by molar-refractivity contribution is 0.0758. The lowest BCUT2D eigenvalue weighted by atomic mass is 10.1. The van der Waals surface area contributed by atoms with Gasteiger partial charge >= 0.3 is 0 Å². The van der Waals surface area contributed by atoms with Crippen molar-refractivity contribution in [1.29, 1.82) is 0 Å². The fourth-order valence-electron chi connectivity index (χ4n) is 2.94. The van der Waals surface area contributed by atoms with Crippen LogP contribution in [-0.4, -0.2) is 28.1 Å². The fourth-order valence-corrected chi connectivity index (χ4v) is 2.94. The topological polar surface area (TPSA) is 69.3 Å². The van der Waals surface area contributed by atoms with Gasteiger partial charge in [-0.2, -0.15) is 0 Å². The van der Waals surface area contributed by atoms with Crippen LogP contribution in [0.3, 0.4) is 0 Å². The molecule has 22 heavy (non-hydrogen) atoms. The zero-order valence-corrected chi connectivity index (χ0v) is 13.1. The molecule has 0 saturated carbocycles. The van der Waals surface area contributed by atoms with Gasteiger partial charge in [-0.1, -0.05) is 0 Å². The molecule has 1 saturated heterocycles. The molecule has 2 aromatic heterocycles. The Labute approximate surface area is 129 Å². The number of hydrogen-bond acceptors (Lipinski definition) is 4. The van der Waals surface area contributed by atoms with E-state index >= 15 is 0 Å². The summed E-state index contributed by atoms with van der Waals surface area (Å²) in [6.07, 6.45) is 4.25. The van der Waals surface area contributed by atoms with Crippen LogP contribution in [0.4, 0.5) is 0 Å². The largest absolute Gasteiger partial charge is 0.456 e. The van der Waals surface area contributed by atoms with Gasteiger partial charge in [0.1, 0.15) is 17.7 Å². The van der Waals surface area contributed by atoms with Gasteiger partial charge in [0.25, 0.3) is 5.91 Å². The zero-order valence-electron chi connectivity index (χ0n) is 13.1. The number of rotatable bonds is 4. The summed E-state index contributed by atoms with van der Waals surface area (Å²) in [5, 5.41) is 3.03. The Bertz CT molecular complexity index is 674. The van der Waals surface area contributed by atoms with E-state index in [-0.39, 0.29) is 18.1 Å². The highest BCUT2D eigenvalue weighted by atomic mass is 16.5. The number of ether oxygens (including phenoxy) is 1. The first kappa shape index (κ1) is 14.8. The average molecular weight is 303 g/mol. The Kier molecular flexibility index (Phi) is 4.02. The van der Waals surface area contributed by atoms with Crippen LogP contribution in [0.15, 0.2) is 22.9 Å². The predicted molar refractivity (Wildman–Crippen MR) is 80.6 cm³/mol. The van der Waals surface area contributed by atoms with E-state index in [4.69, 9.17) is 9.15 Å². The van der Waals surface area contributed by atoms with Crippen molar-refractivity contribution in [3.8, 4) is 0 Å². The van der Waals surface area contributed by atoms with E-state index in [1.54, 1.807) is 6.20 Å². The van der Waals surface area contributed by atoms with E-state index in [9.17, 15) is 4.79 Å². The highest BCUT2D eigenvalue weighted by Gasteiger charge is 2.34. The summed E-state index contributed by atoms with van der Waals surface area (Å²) >= 11 is 0. The normalized spacial score (nSPS) is 21.2. The highest BCUT2D eigenvalue weighted by molar-refractivity contribution is 5.93. The molecule has 0 bridgehead atoms. The third-order valence-corrected chi connectivity index (χ3v) is 4.00. The molecule has 1 fully saturated rings. The second-order valence-corrected chi connectivity index (χ2v) is 5.60. The Morgan fingerprint density at radius 3 is 3.00 bits per heavy atom. The molecule has 2 aromatic rings. The maximum atomic E-state index is 12.4. The zero-order chi connectivity index (χ0) is 15.7. The standard InChI is InChI=1S/C16H21N3O3/c1-4-19-7-6-17-15(19)14-12(5-8-21-14)18-16(20)13-10(2)9-11(3)22-13/h6-7,9,12,14H,4-5,8H2,1-3H3,(H,18,20)/t12-,14-/m0/s1. The molecule has 1 N–H and O–H groups in total. The van der Waals surface area contributed by atoms with E-state index in [2.05, 4.69) is 17.2 Å². The minimum Gasteiger partial charge on any atom is -0.456 e. The fraction of sp³-hybridized carbons (Fsp3) is 0.500. The number of hydrogen-bond donors (Lipinski definition) is 1. The number of carbonyl (C=O) groups excluding carboxylic acids is 1. The van der Waals surface area contributed by atoms with Crippen LogP contribution < -0.4 is 5.32 Å². The monoisotopic (exact) mass is 303 g/mol. The third kappa shape index (κ3) is 2.66. The summed E-state index contributed by atoms with van der Waals surface area (Å²) in [4.78, 5) is 16.8. The number of furan rings is 1. The van der Waals surface area contributed by atoms with Gasteiger partial charge in [-0.15, -0.1) is 0 Å². The molecule has 6 nitrogen and oxygen atoms in total. The first-order valence-corrected chi connectivity index (χ1v) is 7.60. The van der Waals surface area contributed by atoms with Gasteiger partial charge in [-0.25, -0.2) is 4.98 Å². The van der Waals surface area contributed by atoms with E-state index in [0.717, 1.165) is 30.1 Å². The number of amides is 1. The molecule has 118 valence electrons. The molecule has 0 radical (unpaired) electrons. The van der Waals surface area contributed by atoms with Crippen molar-refractivity contribution in [1.82, 2.24) is 14.9 Å². The van der Waals surface area contributed by atoms with Crippen LogP contribution >= 0.6 is 0 Å². The third-order valence-electron chi connectivity index (χ3n) is 4.00. The van der Waals surface area contributed by atoms with E-state index in [1.807, 2.05) is 30.7 Å². The number of aromatic nitrogens is 2. The molecule has 0 aromatic carbocycles. The van der Waals surface area contributed by atoms with E-state index < -0.39 is 0 Å². The molecular weight excluding hydrogens is 282 g/mol. The molecular formula is C16H21N3O3. The quantitative estimate of drug-likeness (QED) is 0.941. The predicted octanol–water partition coefficient (Wildman–Crippen LogP) is 2.37. The Morgan fingerprint density at radius 1 is 1.50 bits per heavy atom. The van der Waals surface area contributed by atoms with Crippen LogP contribution in [0.2, 0.25) is 0 Å². The van der Waals surface area contributed by atoms with Crippen molar-refractivity contribution < 1.29 is 13.9 Å². The van der Waals surface area contributed by atoms with Crippen molar-refractivity contribution >= 4 is 5.91 Å². The lowest BCUT2D eigenvalue weighted by Crippen LogP contribution is -2.37. The van der Waals surface area contributed by atoms with Gasteiger partial charge in [-0.3, -0.25) is 4.79 Å². The molecule has 2 atom stereocenters. The van der Waals surface area contributed by atoms with E-state index in [0.29, 0.717) is 12.4 Å². The highest BCUT2D eigenvalue weighted by Crippen LogP contribution is 2.28. The maximum absolute atomic E-state index is 12.4. The summed E-state index contributed by atoms with van der Waals surface area (Å²) in [6.45, 7) is 7.21. The van der Waals surface area contributed by atoms with Crippen molar-refractivity contribution in [3.63, 3.8) is 0 Å². The second-order valence-electron chi connectivity index (χ2n) is 5.60. The van der Waals surface area contributed by atoms with Gasteiger partial charge in [0.15, 0.2) is 5.76 Å². The van der Waals surface area contributed by atoms with Crippen molar-refractivity contribution in [2.24, 2.45) is 0 Å². The summed E-state index contributed by atoms with van der Waals surface area (Å²) < 4.78 is 13.3. The smallest absolute Gasteiger partial charge is 0.287 e. The lowest BCUT2D eigenvalue weighted by Gasteiger charge is -2.20. The summed E-state index contributed by atoms with van der Waals surface area (Å²) in [5.41, 5.74) is 0.848. The van der Waals surface area contributed by atoms with Crippen molar-refractivity contribution in [2.75, 3.05) is 6.61 Å². The SMILES string of the molecule is CCn1ccnc1[C@H]1OCC[C@@H]1NC(=O)c1oc(C)cc1C. The minimum absolute atomic E-state index is 0.0926. The molecule has 0 unspecified atom stereocenters. The van der Waals surface area contributed by atoms with Crippen LogP contribution in [0.5, 0.6) is 0 Å². The molecule has 1 aliphatic rings. The minimum atomic E-state index is -0.213. The number of nitrogens with one attached hydrogen (secondary N) is 1.